The van der Waals surface area contributed by atoms with E-state index in [0.29, 0.717) is 19.2 Å². The molecule has 1 heterocycles. The molecule has 1 aromatic rings. The van der Waals surface area contributed by atoms with Crippen LogP contribution < -0.4 is 10.1 Å². The zero-order valence-corrected chi connectivity index (χ0v) is 12.9. The fourth-order valence-corrected chi connectivity index (χ4v) is 2.92. The lowest BCUT2D eigenvalue weighted by molar-refractivity contribution is -0.385. The molecule has 124 valence electrons. The van der Waals surface area contributed by atoms with E-state index >= 15 is 0 Å². The van der Waals surface area contributed by atoms with Crippen LogP contribution in [0.5, 0.6) is 5.75 Å². The molecule has 0 spiro atoms. The van der Waals surface area contributed by atoms with Crippen molar-refractivity contribution in [1.29, 1.82) is 0 Å². The van der Waals surface area contributed by atoms with Crippen LogP contribution in [0.1, 0.15) is 25.7 Å². The smallest absolute Gasteiger partial charge is 0.310 e. The van der Waals surface area contributed by atoms with Gasteiger partial charge in [-0.05, 0) is 38.3 Å². The topological polar surface area (TPSA) is 84.7 Å². The molecule has 7 heteroatoms. The highest BCUT2D eigenvalue weighted by Crippen LogP contribution is 2.26. The number of nitro benzene ring substituents is 1. The lowest BCUT2D eigenvalue weighted by atomic mass is 10.2. The van der Waals surface area contributed by atoms with E-state index in [9.17, 15) is 14.9 Å². The largest absolute Gasteiger partial charge is 0.485 e. The molecule has 1 aliphatic heterocycles. The van der Waals surface area contributed by atoms with Crippen molar-refractivity contribution < 1.29 is 14.5 Å². The van der Waals surface area contributed by atoms with Crippen molar-refractivity contribution in [2.75, 3.05) is 19.7 Å². The number of nitro groups is 1. The van der Waals surface area contributed by atoms with E-state index in [-0.39, 0.29) is 23.4 Å². The van der Waals surface area contributed by atoms with Crippen molar-refractivity contribution >= 4 is 11.6 Å². The number of hydrogen-bond acceptors (Lipinski definition) is 5. The van der Waals surface area contributed by atoms with Crippen LogP contribution in [0, 0.1) is 10.1 Å². The first-order valence-corrected chi connectivity index (χ1v) is 8.06. The minimum Gasteiger partial charge on any atom is -0.485 e. The van der Waals surface area contributed by atoms with Gasteiger partial charge in [-0.2, -0.15) is 0 Å². The molecule has 1 aromatic carbocycles. The Labute approximate surface area is 134 Å². The minimum atomic E-state index is -0.447. The van der Waals surface area contributed by atoms with Gasteiger partial charge in [0, 0.05) is 18.7 Å². The van der Waals surface area contributed by atoms with Crippen molar-refractivity contribution in [3.8, 4) is 5.75 Å². The van der Waals surface area contributed by atoms with Gasteiger partial charge < -0.3 is 10.1 Å². The third kappa shape index (κ3) is 3.98. The molecule has 0 unspecified atom stereocenters. The van der Waals surface area contributed by atoms with Gasteiger partial charge in [-0.3, -0.25) is 19.8 Å². The summed E-state index contributed by atoms with van der Waals surface area (Å²) in [7, 11) is 0. The zero-order chi connectivity index (χ0) is 16.2. The summed E-state index contributed by atoms with van der Waals surface area (Å²) in [6, 6.07) is 6.63. The van der Waals surface area contributed by atoms with Crippen LogP contribution in [0.25, 0.3) is 0 Å². The van der Waals surface area contributed by atoms with Crippen LogP contribution in [0.3, 0.4) is 0 Å². The molecule has 1 atom stereocenters. The molecule has 2 fully saturated rings. The summed E-state index contributed by atoms with van der Waals surface area (Å²) in [5.41, 5.74) is -0.0306. The maximum atomic E-state index is 12.2. The molecule has 1 saturated heterocycles. The van der Waals surface area contributed by atoms with Crippen molar-refractivity contribution in [3.63, 3.8) is 0 Å². The second-order valence-electron chi connectivity index (χ2n) is 6.05. The normalized spacial score (nSPS) is 21.1. The van der Waals surface area contributed by atoms with Gasteiger partial charge in [0.15, 0.2) is 5.75 Å². The molecule has 7 nitrogen and oxygen atoms in total. The van der Waals surface area contributed by atoms with Gasteiger partial charge in [-0.1, -0.05) is 12.1 Å². The number of nitrogens with zero attached hydrogens (tertiary/aromatic N) is 2. The number of amides is 1. The van der Waals surface area contributed by atoms with E-state index in [0.717, 1.165) is 32.2 Å². The van der Waals surface area contributed by atoms with Gasteiger partial charge in [0.2, 0.25) is 5.91 Å². The Morgan fingerprint density at radius 2 is 2.13 bits per heavy atom. The Balaban J connectivity index is 1.51. The summed E-state index contributed by atoms with van der Waals surface area (Å²) >= 11 is 0. The van der Waals surface area contributed by atoms with E-state index in [1.165, 1.54) is 6.07 Å². The van der Waals surface area contributed by atoms with Crippen molar-refractivity contribution in [3.05, 3.63) is 34.4 Å². The molecule has 1 aliphatic carbocycles. The van der Waals surface area contributed by atoms with Crippen LogP contribution in [-0.2, 0) is 4.79 Å². The average molecular weight is 319 g/mol. The quantitative estimate of drug-likeness (QED) is 0.611. The van der Waals surface area contributed by atoms with Gasteiger partial charge in [0.25, 0.3) is 0 Å². The van der Waals surface area contributed by atoms with Crippen molar-refractivity contribution in [1.82, 2.24) is 10.2 Å². The van der Waals surface area contributed by atoms with Gasteiger partial charge >= 0.3 is 5.69 Å². The molecule has 23 heavy (non-hydrogen) atoms. The summed E-state index contributed by atoms with van der Waals surface area (Å²) in [6.45, 7) is 1.79. The van der Waals surface area contributed by atoms with Crippen LogP contribution in [-0.4, -0.2) is 47.5 Å². The first-order chi connectivity index (χ1) is 11.1. The minimum absolute atomic E-state index is 0.0306. The van der Waals surface area contributed by atoms with Crippen LogP contribution in [0.4, 0.5) is 5.69 Å². The highest BCUT2D eigenvalue weighted by Gasteiger charge is 2.33. The molecule has 1 amide bonds. The number of nitrogens with one attached hydrogen (secondary N) is 1. The maximum absolute atomic E-state index is 12.2. The van der Waals surface area contributed by atoms with Crippen molar-refractivity contribution in [2.45, 2.75) is 37.8 Å². The molecule has 1 saturated carbocycles. The SMILES string of the molecule is O=C(NC1CC1)[C@@H]1CCCN1CCOc1ccccc1[N+](=O)[O-]. The molecule has 3 rings (SSSR count). The Morgan fingerprint density at radius 3 is 2.87 bits per heavy atom. The highest BCUT2D eigenvalue weighted by molar-refractivity contribution is 5.82. The number of hydrogen-bond donors (Lipinski definition) is 1. The lowest BCUT2D eigenvalue weighted by Gasteiger charge is -2.23. The zero-order valence-electron chi connectivity index (χ0n) is 12.9. The fraction of sp³-hybridized carbons (Fsp3) is 0.562. The third-order valence-corrected chi connectivity index (χ3v) is 4.29. The number of rotatable bonds is 7. The molecular formula is C16H21N3O4. The van der Waals surface area contributed by atoms with E-state index < -0.39 is 4.92 Å². The molecule has 2 aliphatic rings. The summed E-state index contributed by atoms with van der Waals surface area (Å²) in [5.74, 6) is 0.381. The van der Waals surface area contributed by atoms with Gasteiger partial charge in [0.1, 0.15) is 6.61 Å². The van der Waals surface area contributed by atoms with Crippen molar-refractivity contribution in [2.24, 2.45) is 0 Å². The molecule has 0 aromatic heterocycles. The number of ether oxygens (including phenoxy) is 1. The predicted octanol–water partition coefficient (Wildman–Crippen LogP) is 1.72. The standard InChI is InChI=1S/C16H21N3O4/c20-16(17-12-7-8-12)14-5-3-9-18(14)10-11-23-15-6-2-1-4-13(15)19(21)22/h1-2,4,6,12,14H,3,5,7-11H2,(H,17,20)/t14-/m0/s1. The van der Waals surface area contributed by atoms with E-state index in [2.05, 4.69) is 10.2 Å². The van der Waals surface area contributed by atoms with E-state index in [1.807, 2.05) is 0 Å². The second kappa shape index (κ2) is 6.95. The molecular weight excluding hydrogens is 298 g/mol. The summed E-state index contributed by atoms with van der Waals surface area (Å²) in [5, 5.41) is 14.0. The summed E-state index contributed by atoms with van der Waals surface area (Å²) in [6.07, 6.45) is 4.02. The second-order valence-corrected chi connectivity index (χ2v) is 6.05. The van der Waals surface area contributed by atoms with Crippen LogP contribution in [0.15, 0.2) is 24.3 Å². The Morgan fingerprint density at radius 1 is 1.35 bits per heavy atom. The number of carbonyl (C=O) groups excluding carboxylic acids is 1. The lowest BCUT2D eigenvalue weighted by Crippen LogP contribution is -2.45. The first-order valence-electron chi connectivity index (χ1n) is 8.06. The van der Waals surface area contributed by atoms with Crippen LogP contribution >= 0.6 is 0 Å². The van der Waals surface area contributed by atoms with Gasteiger partial charge in [-0.15, -0.1) is 0 Å². The van der Waals surface area contributed by atoms with E-state index in [4.69, 9.17) is 4.74 Å². The number of carbonyl (C=O) groups is 1. The van der Waals surface area contributed by atoms with Crippen LogP contribution in [0.2, 0.25) is 0 Å². The maximum Gasteiger partial charge on any atom is 0.310 e. The molecule has 1 N–H and O–H groups in total. The third-order valence-electron chi connectivity index (χ3n) is 4.29. The Bertz CT molecular complexity index is 588. The van der Waals surface area contributed by atoms with Gasteiger partial charge in [-0.25, -0.2) is 0 Å². The van der Waals surface area contributed by atoms with E-state index in [1.54, 1.807) is 18.2 Å². The predicted molar refractivity (Wildman–Crippen MR) is 84.4 cm³/mol. The monoisotopic (exact) mass is 319 g/mol. The summed E-state index contributed by atoms with van der Waals surface area (Å²) < 4.78 is 5.57. The number of para-hydroxylation sites is 2. The summed E-state index contributed by atoms with van der Waals surface area (Å²) in [4.78, 5) is 24.8. The average Bonchev–Trinajstić information content (AvgIpc) is 3.22. The fourth-order valence-electron chi connectivity index (χ4n) is 2.92. The first kappa shape index (κ1) is 15.7. The van der Waals surface area contributed by atoms with Gasteiger partial charge in [0.05, 0.1) is 11.0 Å². The Hall–Kier alpha value is -2.15. The number of benzene rings is 1. The highest BCUT2D eigenvalue weighted by atomic mass is 16.6. The molecule has 0 bridgehead atoms. The molecule has 0 radical (unpaired) electrons. The Kier molecular flexibility index (Phi) is 4.76. The number of likely N-dealkylation sites (tertiary alicyclic amines) is 1.